The van der Waals surface area contributed by atoms with Crippen molar-refractivity contribution in [2.75, 3.05) is 10.6 Å². The normalized spacial score (nSPS) is 11.1. The van der Waals surface area contributed by atoms with Gasteiger partial charge >= 0.3 is 6.09 Å². The number of hydrogen-bond donors (Lipinski definition) is 2. The van der Waals surface area contributed by atoms with Gasteiger partial charge in [0.25, 0.3) is 0 Å². The van der Waals surface area contributed by atoms with Crippen molar-refractivity contribution in [3.05, 3.63) is 58.9 Å². The van der Waals surface area contributed by atoms with E-state index in [1.54, 1.807) is 32.9 Å². The summed E-state index contributed by atoms with van der Waals surface area (Å²) in [6, 6.07) is 10.8. The SMILES string of the molecule is Cc1ccc(CNc2ccc(F)c(NC(=O)OC(C)(C)C)c2)c(C)c1. The van der Waals surface area contributed by atoms with Crippen LogP contribution in [0.15, 0.2) is 36.4 Å². The first-order valence-corrected chi connectivity index (χ1v) is 8.23. The van der Waals surface area contributed by atoms with Gasteiger partial charge in [-0.25, -0.2) is 9.18 Å². The van der Waals surface area contributed by atoms with Gasteiger partial charge in [-0.2, -0.15) is 0 Å². The molecule has 134 valence electrons. The lowest BCUT2D eigenvalue weighted by Gasteiger charge is -2.20. The largest absolute Gasteiger partial charge is 0.444 e. The zero-order valence-electron chi connectivity index (χ0n) is 15.4. The Morgan fingerprint density at radius 3 is 2.48 bits per heavy atom. The second-order valence-corrected chi connectivity index (χ2v) is 7.11. The fourth-order valence-corrected chi connectivity index (χ4v) is 2.39. The van der Waals surface area contributed by atoms with Crippen LogP contribution in [0.3, 0.4) is 0 Å². The molecule has 25 heavy (non-hydrogen) atoms. The van der Waals surface area contributed by atoms with E-state index in [9.17, 15) is 9.18 Å². The van der Waals surface area contributed by atoms with Gasteiger partial charge in [-0.1, -0.05) is 23.8 Å². The summed E-state index contributed by atoms with van der Waals surface area (Å²) in [5.74, 6) is -0.511. The molecular formula is C20H25FN2O2. The molecule has 5 heteroatoms. The molecule has 0 heterocycles. The van der Waals surface area contributed by atoms with Gasteiger partial charge in [-0.3, -0.25) is 5.32 Å². The van der Waals surface area contributed by atoms with Gasteiger partial charge < -0.3 is 10.1 Å². The van der Waals surface area contributed by atoms with Crippen LogP contribution in [0.4, 0.5) is 20.6 Å². The molecule has 0 unspecified atom stereocenters. The van der Waals surface area contributed by atoms with Crippen molar-refractivity contribution < 1.29 is 13.9 Å². The average Bonchev–Trinajstić information content (AvgIpc) is 2.47. The molecule has 4 nitrogen and oxygen atoms in total. The molecular weight excluding hydrogens is 319 g/mol. The predicted molar refractivity (Wildman–Crippen MR) is 99.5 cm³/mol. The Kier molecular flexibility index (Phi) is 5.67. The van der Waals surface area contributed by atoms with Crippen LogP contribution in [-0.4, -0.2) is 11.7 Å². The van der Waals surface area contributed by atoms with Crippen molar-refractivity contribution in [3.8, 4) is 0 Å². The number of hydrogen-bond acceptors (Lipinski definition) is 3. The van der Waals surface area contributed by atoms with Gasteiger partial charge in [0.05, 0.1) is 5.69 Å². The molecule has 1 amide bonds. The Morgan fingerprint density at radius 2 is 1.84 bits per heavy atom. The van der Waals surface area contributed by atoms with Crippen molar-refractivity contribution in [3.63, 3.8) is 0 Å². The fourth-order valence-electron chi connectivity index (χ4n) is 2.39. The molecule has 2 aromatic rings. The lowest BCUT2D eigenvalue weighted by molar-refractivity contribution is 0.0635. The first-order chi connectivity index (χ1) is 11.6. The summed E-state index contributed by atoms with van der Waals surface area (Å²) in [5, 5.41) is 5.70. The van der Waals surface area contributed by atoms with E-state index in [-0.39, 0.29) is 5.69 Å². The van der Waals surface area contributed by atoms with Gasteiger partial charge in [-0.15, -0.1) is 0 Å². The highest BCUT2D eigenvalue weighted by molar-refractivity contribution is 5.85. The average molecular weight is 344 g/mol. The van der Waals surface area contributed by atoms with Crippen LogP contribution in [0.1, 0.15) is 37.5 Å². The number of halogens is 1. The van der Waals surface area contributed by atoms with Crippen LogP contribution in [0.5, 0.6) is 0 Å². The molecule has 0 radical (unpaired) electrons. The van der Waals surface area contributed by atoms with Gasteiger partial charge in [-0.05, 0) is 63.9 Å². The van der Waals surface area contributed by atoms with Gasteiger partial charge in [0, 0.05) is 12.2 Å². The summed E-state index contributed by atoms with van der Waals surface area (Å²) in [6.07, 6.45) is -0.682. The molecule has 2 aromatic carbocycles. The number of carbonyl (C=O) groups excluding carboxylic acids is 1. The number of ether oxygens (including phenoxy) is 1. The van der Waals surface area contributed by atoms with Crippen molar-refractivity contribution in [1.29, 1.82) is 0 Å². The summed E-state index contributed by atoms with van der Waals surface area (Å²) < 4.78 is 19.1. The molecule has 0 fully saturated rings. The maximum Gasteiger partial charge on any atom is 0.412 e. The number of anilines is 2. The van der Waals surface area contributed by atoms with Gasteiger partial charge in [0.2, 0.25) is 0 Å². The second-order valence-electron chi connectivity index (χ2n) is 7.11. The van der Waals surface area contributed by atoms with Crippen molar-refractivity contribution in [2.24, 2.45) is 0 Å². The highest BCUT2D eigenvalue weighted by Gasteiger charge is 2.17. The molecule has 0 aliphatic rings. The van der Waals surface area contributed by atoms with Crippen LogP contribution < -0.4 is 10.6 Å². The van der Waals surface area contributed by atoms with E-state index in [2.05, 4.69) is 42.7 Å². The minimum atomic E-state index is -0.682. The lowest BCUT2D eigenvalue weighted by atomic mass is 10.1. The Labute approximate surface area is 148 Å². The minimum Gasteiger partial charge on any atom is -0.444 e. The summed E-state index contributed by atoms with van der Waals surface area (Å²) in [4.78, 5) is 11.8. The molecule has 0 aromatic heterocycles. The quantitative estimate of drug-likeness (QED) is 0.780. The van der Waals surface area contributed by atoms with Crippen molar-refractivity contribution in [2.45, 2.75) is 46.8 Å². The van der Waals surface area contributed by atoms with E-state index >= 15 is 0 Å². The van der Waals surface area contributed by atoms with E-state index in [1.807, 2.05) is 0 Å². The smallest absolute Gasteiger partial charge is 0.412 e. The van der Waals surface area contributed by atoms with E-state index in [1.165, 1.54) is 17.2 Å². The molecule has 0 saturated heterocycles. The van der Waals surface area contributed by atoms with Crippen LogP contribution >= 0.6 is 0 Å². The summed E-state index contributed by atoms with van der Waals surface area (Å²) in [5.41, 5.74) is 3.73. The molecule has 0 atom stereocenters. The third-order valence-electron chi connectivity index (χ3n) is 3.58. The number of carbonyl (C=O) groups is 1. The maximum absolute atomic E-state index is 13.9. The van der Waals surface area contributed by atoms with Crippen LogP contribution in [0.2, 0.25) is 0 Å². The number of rotatable bonds is 4. The Bertz CT molecular complexity index is 767. The molecule has 2 N–H and O–H groups in total. The minimum absolute atomic E-state index is 0.0832. The number of aryl methyl sites for hydroxylation is 2. The lowest BCUT2D eigenvalue weighted by Crippen LogP contribution is -2.27. The molecule has 2 rings (SSSR count). The number of amides is 1. The molecule has 0 bridgehead atoms. The van der Waals surface area contributed by atoms with Crippen molar-refractivity contribution in [1.82, 2.24) is 0 Å². The third-order valence-corrected chi connectivity index (χ3v) is 3.58. The van der Waals surface area contributed by atoms with E-state index in [4.69, 9.17) is 4.74 Å². The maximum atomic E-state index is 13.9. The first-order valence-electron chi connectivity index (χ1n) is 8.23. The third kappa shape index (κ3) is 5.78. The summed E-state index contributed by atoms with van der Waals surface area (Å²) in [7, 11) is 0. The number of benzene rings is 2. The molecule has 0 aliphatic heterocycles. The van der Waals surface area contributed by atoms with E-state index in [0.717, 1.165) is 5.56 Å². The van der Waals surface area contributed by atoms with Crippen molar-refractivity contribution >= 4 is 17.5 Å². The van der Waals surface area contributed by atoms with Crippen LogP contribution in [0.25, 0.3) is 0 Å². The Hall–Kier alpha value is -2.56. The van der Waals surface area contributed by atoms with E-state index in [0.29, 0.717) is 12.2 Å². The second kappa shape index (κ2) is 7.55. The standard InChI is InChI=1S/C20H25FN2O2/c1-13-6-7-15(14(2)10-13)12-22-16-8-9-17(21)18(11-16)23-19(24)25-20(3,4)5/h6-11,22H,12H2,1-5H3,(H,23,24). The zero-order chi connectivity index (χ0) is 18.6. The molecule has 0 aliphatic carbocycles. The Morgan fingerprint density at radius 1 is 1.12 bits per heavy atom. The van der Waals surface area contributed by atoms with Gasteiger partial charge in [0.15, 0.2) is 0 Å². The number of nitrogens with one attached hydrogen (secondary N) is 2. The molecule has 0 spiro atoms. The topological polar surface area (TPSA) is 50.4 Å². The fraction of sp³-hybridized carbons (Fsp3) is 0.350. The first kappa shape index (κ1) is 18.8. The Balaban J connectivity index is 2.06. The summed E-state index contributed by atoms with van der Waals surface area (Å²) >= 11 is 0. The highest BCUT2D eigenvalue weighted by atomic mass is 19.1. The highest BCUT2D eigenvalue weighted by Crippen LogP contribution is 2.22. The zero-order valence-corrected chi connectivity index (χ0v) is 15.4. The van der Waals surface area contributed by atoms with Crippen LogP contribution in [0, 0.1) is 19.7 Å². The molecule has 0 saturated carbocycles. The van der Waals surface area contributed by atoms with Gasteiger partial charge in [0.1, 0.15) is 11.4 Å². The summed E-state index contributed by atoms with van der Waals surface area (Å²) in [6.45, 7) is 9.99. The van der Waals surface area contributed by atoms with Crippen LogP contribution in [-0.2, 0) is 11.3 Å². The monoisotopic (exact) mass is 344 g/mol. The van der Waals surface area contributed by atoms with E-state index < -0.39 is 17.5 Å². The predicted octanol–water partition coefficient (Wildman–Crippen LogP) is 5.40.